The Balaban J connectivity index is 2.40. The average Bonchev–Trinajstić information content (AvgIpc) is 2.12. The second-order valence-electron chi connectivity index (χ2n) is 4.09. The molecule has 0 aromatic carbocycles. The summed E-state index contributed by atoms with van der Waals surface area (Å²) in [4.78, 5) is 2.76. The molecule has 1 unspecified atom stereocenters. The second kappa shape index (κ2) is 4.35. The zero-order chi connectivity index (χ0) is 9.90. The van der Waals surface area contributed by atoms with Crippen molar-refractivity contribution in [3.05, 3.63) is 0 Å². The molecule has 0 aromatic rings. The van der Waals surface area contributed by atoms with Gasteiger partial charge in [0.05, 0.1) is 10.6 Å². The first-order valence-corrected chi connectivity index (χ1v) is 5.13. The Kier molecular flexibility index (Phi) is 3.64. The van der Waals surface area contributed by atoms with Gasteiger partial charge in [-0.3, -0.25) is 4.90 Å². The number of hydrogen-bond donors (Lipinski definition) is 2. The Bertz CT molecular complexity index is 194. The van der Waals surface area contributed by atoms with Gasteiger partial charge in [0.1, 0.15) is 0 Å². The third kappa shape index (κ3) is 4.02. The topological polar surface area (TPSA) is 49.5 Å². The minimum atomic E-state index is -0.495. The first kappa shape index (κ1) is 10.9. The van der Waals surface area contributed by atoms with Crippen LogP contribution in [0.25, 0.3) is 0 Å². The van der Waals surface area contributed by atoms with Crippen LogP contribution in [0.3, 0.4) is 0 Å². The van der Waals surface area contributed by atoms with Gasteiger partial charge in [0, 0.05) is 13.1 Å². The van der Waals surface area contributed by atoms with Gasteiger partial charge in [0.25, 0.3) is 0 Å². The molecular weight excluding hydrogens is 184 g/mol. The summed E-state index contributed by atoms with van der Waals surface area (Å²) in [5.41, 5.74) is 4.97. The molecule has 0 radical (unpaired) electrons. The van der Waals surface area contributed by atoms with Gasteiger partial charge in [-0.05, 0) is 32.7 Å². The maximum atomic E-state index is 9.82. The summed E-state index contributed by atoms with van der Waals surface area (Å²) >= 11 is 4.85. The minimum Gasteiger partial charge on any atom is -0.392 e. The SMILES string of the molecule is CC1(O)CCCN(CC(N)=S)CC1. The number of nitrogens with two attached hydrogens (primary N) is 1. The van der Waals surface area contributed by atoms with Gasteiger partial charge in [0.2, 0.25) is 0 Å². The molecule has 0 aliphatic carbocycles. The number of thiocarbonyl (C=S) groups is 1. The lowest BCUT2D eigenvalue weighted by Crippen LogP contribution is -2.34. The van der Waals surface area contributed by atoms with Crippen molar-refractivity contribution in [2.75, 3.05) is 19.6 Å². The summed E-state index contributed by atoms with van der Waals surface area (Å²) in [6.07, 6.45) is 2.71. The van der Waals surface area contributed by atoms with Crippen molar-refractivity contribution >= 4 is 17.2 Å². The summed E-state index contributed by atoms with van der Waals surface area (Å²) < 4.78 is 0. The highest BCUT2D eigenvalue weighted by Crippen LogP contribution is 2.20. The highest BCUT2D eigenvalue weighted by molar-refractivity contribution is 7.80. The molecule has 1 aliphatic heterocycles. The van der Waals surface area contributed by atoms with E-state index in [0.29, 0.717) is 11.5 Å². The van der Waals surface area contributed by atoms with Crippen LogP contribution in [0, 0.1) is 0 Å². The van der Waals surface area contributed by atoms with Gasteiger partial charge >= 0.3 is 0 Å². The molecule has 4 heteroatoms. The number of aliphatic hydroxyl groups is 1. The van der Waals surface area contributed by atoms with E-state index in [9.17, 15) is 5.11 Å². The molecule has 0 saturated carbocycles. The highest BCUT2D eigenvalue weighted by atomic mass is 32.1. The number of nitrogens with zero attached hydrogens (tertiary/aromatic N) is 1. The molecule has 13 heavy (non-hydrogen) atoms. The van der Waals surface area contributed by atoms with E-state index in [4.69, 9.17) is 18.0 Å². The fraction of sp³-hybridized carbons (Fsp3) is 0.889. The van der Waals surface area contributed by atoms with Crippen molar-refractivity contribution in [3.8, 4) is 0 Å². The Labute approximate surface area is 84.9 Å². The van der Waals surface area contributed by atoms with Gasteiger partial charge in [-0.1, -0.05) is 12.2 Å². The molecule has 3 N–H and O–H groups in total. The first-order valence-electron chi connectivity index (χ1n) is 4.73. The van der Waals surface area contributed by atoms with E-state index < -0.39 is 5.60 Å². The Hall–Kier alpha value is -0.190. The van der Waals surface area contributed by atoms with E-state index in [2.05, 4.69) is 4.90 Å². The molecule has 1 aliphatic rings. The molecule has 1 atom stereocenters. The van der Waals surface area contributed by atoms with Crippen molar-refractivity contribution in [3.63, 3.8) is 0 Å². The summed E-state index contributed by atoms with van der Waals surface area (Å²) in [7, 11) is 0. The van der Waals surface area contributed by atoms with Crippen LogP contribution in [0.5, 0.6) is 0 Å². The minimum absolute atomic E-state index is 0.495. The maximum Gasteiger partial charge on any atom is 0.0870 e. The average molecular weight is 202 g/mol. The van der Waals surface area contributed by atoms with E-state index in [1.807, 2.05) is 6.92 Å². The number of likely N-dealkylation sites (tertiary alicyclic amines) is 1. The molecule has 1 saturated heterocycles. The third-order valence-electron chi connectivity index (χ3n) is 2.54. The summed E-state index contributed by atoms with van der Waals surface area (Å²) in [5, 5.41) is 9.82. The molecule has 0 aromatic heterocycles. The molecule has 0 spiro atoms. The largest absolute Gasteiger partial charge is 0.392 e. The van der Waals surface area contributed by atoms with E-state index in [1.54, 1.807) is 0 Å². The predicted molar refractivity (Wildman–Crippen MR) is 57.7 cm³/mol. The van der Waals surface area contributed by atoms with Crippen LogP contribution < -0.4 is 5.73 Å². The van der Waals surface area contributed by atoms with Crippen molar-refractivity contribution in [2.45, 2.75) is 31.8 Å². The van der Waals surface area contributed by atoms with Crippen molar-refractivity contribution in [1.82, 2.24) is 4.90 Å². The van der Waals surface area contributed by atoms with E-state index in [1.165, 1.54) is 0 Å². The second-order valence-corrected chi connectivity index (χ2v) is 4.62. The zero-order valence-corrected chi connectivity index (χ0v) is 8.94. The number of hydrogen-bond acceptors (Lipinski definition) is 3. The van der Waals surface area contributed by atoms with Crippen LogP contribution in [0.15, 0.2) is 0 Å². The fourth-order valence-electron chi connectivity index (χ4n) is 1.70. The smallest absolute Gasteiger partial charge is 0.0870 e. The molecule has 0 amide bonds. The maximum absolute atomic E-state index is 9.82. The zero-order valence-electron chi connectivity index (χ0n) is 8.12. The fourth-order valence-corrected chi connectivity index (χ4v) is 1.88. The Morgan fingerprint density at radius 2 is 2.23 bits per heavy atom. The third-order valence-corrected chi connectivity index (χ3v) is 2.66. The van der Waals surface area contributed by atoms with Gasteiger partial charge in [0.15, 0.2) is 0 Å². The van der Waals surface area contributed by atoms with Crippen LogP contribution in [0.2, 0.25) is 0 Å². The molecule has 1 heterocycles. The lowest BCUT2D eigenvalue weighted by molar-refractivity contribution is 0.0451. The summed E-state index contributed by atoms with van der Waals surface area (Å²) in [6.45, 7) is 4.47. The van der Waals surface area contributed by atoms with Crippen LogP contribution in [-0.4, -0.2) is 40.2 Å². The molecular formula is C9H18N2OS. The normalized spacial score (nSPS) is 31.2. The number of rotatable bonds is 2. The predicted octanol–water partition coefficient (Wildman–Crippen LogP) is 0.509. The molecule has 1 fully saturated rings. The van der Waals surface area contributed by atoms with Crippen LogP contribution in [-0.2, 0) is 0 Å². The summed E-state index contributed by atoms with van der Waals surface area (Å²) in [6, 6.07) is 0. The van der Waals surface area contributed by atoms with Crippen molar-refractivity contribution in [2.24, 2.45) is 5.73 Å². The summed E-state index contributed by atoms with van der Waals surface area (Å²) in [5.74, 6) is 0. The Morgan fingerprint density at radius 1 is 1.54 bits per heavy atom. The highest BCUT2D eigenvalue weighted by Gasteiger charge is 2.24. The van der Waals surface area contributed by atoms with Gasteiger partial charge < -0.3 is 10.8 Å². The van der Waals surface area contributed by atoms with Gasteiger partial charge in [-0.2, -0.15) is 0 Å². The molecule has 76 valence electrons. The van der Waals surface area contributed by atoms with Crippen molar-refractivity contribution < 1.29 is 5.11 Å². The van der Waals surface area contributed by atoms with Crippen LogP contribution in [0.1, 0.15) is 26.2 Å². The van der Waals surface area contributed by atoms with Gasteiger partial charge in [-0.15, -0.1) is 0 Å². The van der Waals surface area contributed by atoms with Crippen LogP contribution in [0.4, 0.5) is 0 Å². The lowest BCUT2D eigenvalue weighted by atomic mass is 9.98. The van der Waals surface area contributed by atoms with E-state index in [-0.39, 0.29) is 0 Å². The standard InChI is InChI=1S/C9H18N2OS/c1-9(12)3-2-5-11(6-4-9)7-8(10)13/h12H,2-7H2,1H3,(H2,10,13). The van der Waals surface area contributed by atoms with Crippen LogP contribution >= 0.6 is 12.2 Å². The quantitative estimate of drug-likeness (QED) is 0.641. The Morgan fingerprint density at radius 3 is 2.85 bits per heavy atom. The molecule has 1 rings (SSSR count). The first-order chi connectivity index (χ1) is 5.99. The van der Waals surface area contributed by atoms with Gasteiger partial charge in [-0.25, -0.2) is 0 Å². The van der Waals surface area contributed by atoms with Crippen molar-refractivity contribution in [1.29, 1.82) is 0 Å². The van der Waals surface area contributed by atoms with E-state index >= 15 is 0 Å². The molecule has 0 bridgehead atoms. The molecule has 3 nitrogen and oxygen atoms in total. The lowest BCUT2D eigenvalue weighted by Gasteiger charge is -2.21. The van der Waals surface area contributed by atoms with E-state index in [0.717, 1.165) is 32.4 Å². The monoisotopic (exact) mass is 202 g/mol.